The number of hydrogen-bond acceptors (Lipinski definition) is 5. The summed E-state index contributed by atoms with van der Waals surface area (Å²) >= 11 is 0. The van der Waals surface area contributed by atoms with Crippen LogP contribution in [0.15, 0.2) is 54.6 Å². The van der Waals surface area contributed by atoms with Crippen LogP contribution in [0.4, 0.5) is 8.78 Å². The molecule has 0 unspecified atom stereocenters. The number of rotatable bonds is 9. The van der Waals surface area contributed by atoms with E-state index in [1.807, 2.05) is 0 Å². The van der Waals surface area contributed by atoms with Crippen LogP contribution in [0.5, 0.6) is 17.2 Å². The topological polar surface area (TPSA) is 68.8 Å². The van der Waals surface area contributed by atoms with E-state index in [1.165, 1.54) is 19.2 Å². The first kappa shape index (κ1) is 20.0. The molecule has 0 aromatic heterocycles. The number of carbonyl (C=O) groups excluding carboxylic acids is 1. The number of carbonyl (C=O) groups is 1. The van der Waals surface area contributed by atoms with E-state index >= 15 is 0 Å². The zero-order valence-electron chi connectivity index (χ0n) is 14.9. The summed E-state index contributed by atoms with van der Waals surface area (Å²) < 4.78 is 39.3. The number of halogens is 2. The van der Waals surface area contributed by atoms with Crippen molar-refractivity contribution in [2.75, 3.05) is 13.7 Å². The van der Waals surface area contributed by atoms with E-state index in [4.69, 9.17) is 9.47 Å². The molecule has 2 aromatic rings. The number of methoxy groups -OCH3 is 1. The summed E-state index contributed by atoms with van der Waals surface area (Å²) in [6.07, 6.45) is 1.73. The van der Waals surface area contributed by atoms with Crippen molar-refractivity contribution in [2.45, 2.75) is 13.5 Å². The number of allylic oxidation sites excluding steroid dienone is 1. The Kier molecular flexibility index (Phi) is 7.42. The van der Waals surface area contributed by atoms with Gasteiger partial charge in [-0.05, 0) is 48.9 Å². The normalized spacial score (nSPS) is 11.1. The number of hydrazine groups is 1. The van der Waals surface area contributed by atoms with E-state index in [0.717, 1.165) is 0 Å². The molecule has 6 nitrogen and oxygen atoms in total. The van der Waals surface area contributed by atoms with Gasteiger partial charge in [-0.15, -0.1) is 0 Å². The third-order valence-corrected chi connectivity index (χ3v) is 3.44. The van der Waals surface area contributed by atoms with Gasteiger partial charge in [-0.3, -0.25) is 15.6 Å². The summed E-state index contributed by atoms with van der Waals surface area (Å²) in [6, 6.07) is 13.0. The zero-order valence-corrected chi connectivity index (χ0v) is 14.9. The van der Waals surface area contributed by atoms with E-state index in [1.54, 1.807) is 49.4 Å². The number of nitrogens with one attached hydrogen (secondary N) is 2. The van der Waals surface area contributed by atoms with Gasteiger partial charge in [-0.1, -0.05) is 18.2 Å². The van der Waals surface area contributed by atoms with Crippen LogP contribution in [0.1, 0.15) is 12.5 Å². The highest BCUT2D eigenvalue weighted by Crippen LogP contribution is 2.25. The van der Waals surface area contributed by atoms with Crippen LogP contribution in [0.3, 0.4) is 0 Å². The maximum absolute atomic E-state index is 12.2. The molecule has 2 N–H and O–H groups in total. The zero-order chi connectivity index (χ0) is 19.6. The van der Waals surface area contributed by atoms with Gasteiger partial charge in [0.1, 0.15) is 5.75 Å². The fraction of sp³-hybridized carbons (Fsp3) is 0.211. The first-order valence-electron chi connectivity index (χ1n) is 8.05. The quantitative estimate of drug-likeness (QED) is 0.655. The number of para-hydroxylation sites is 2. The SMILES string of the molecule is C/C=C(/NNC(=O)COc1ccccc1OC)c1ccc(OC(F)F)cc1. The second-order valence-electron chi connectivity index (χ2n) is 5.22. The molecule has 0 radical (unpaired) electrons. The van der Waals surface area contributed by atoms with Crippen molar-refractivity contribution in [1.82, 2.24) is 10.9 Å². The summed E-state index contributed by atoms with van der Waals surface area (Å²) in [6.45, 7) is -1.33. The molecule has 1 amide bonds. The van der Waals surface area contributed by atoms with Crippen molar-refractivity contribution >= 4 is 11.6 Å². The van der Waals surface area contributed by atoms with Crippen LogP contribution in [0.25, 0.3) is 5.70 Å². The second-order valence-corrected chi connectivity index (χ2v) is 5.22. The highest BCUT2D eigenvalue weighted by atomic mass is 19.3. The van der Waals surface area contributed by atoms with Gasteiger partial charge in [-0.2, -0.15) is 8.78 Å². The smallest absolute Gasteiger partial charge is 0.387 e. The molecule has 0 spiro atoms. The van der Waals surface area contributed by atoms with Gasteiger partial charge in [0.2, 0.25) is 0 Å². The molecule has 2 rings (SSSR count). The van der Waals surface area contributed by atoms with Crippen LogP contribution < -0.4 is 25.1 Å². The lowest BCUT2D eigenvalue weighted by molar-refractivity contribution is -0.123. The number of alkyl halides is 2. The van der Waals surface area contributed by atoms with Crippen molar-refractivity contribution in [1.29, 1.82) is 0 Å². The third-order valence-electron chi connectivity index (χ3n) is 3.44. The molecule has 0 aliphatic carbocycles. The predicted octanol–water partition coefficient (Wildman–Crippen LogP) is 3.36. The van der Waals surface area contributed by atoms with Gasteiger partial charge >= 0.3 is 6.61 Å². The summed E-state index contributed by atoms with van der Waals surface area (Å²) in [4.78, 5) is 12.0. The van der Waals surface area contributed by atoms with Crippen molar-refractivity contribution in [3.8, 4) is 17.2 Å². The Balaban J connectivity index is 1.87. The highest BCUT2D eigenvalue weighted by molar-refractivity contribution is 5.78. The van der Waals surface area contributed by atoms with Gasteiger partial charge in [-0.25, -0.2) is 0 Å². The molecule has 0 heterocycles. The molecule has 0 saturated heterocycles. The van der Waals surface area contributed by atoms with Crippen molar-refractivity contribution in [3.05, 3.63) is 60.2 Å². The molecule has 0 bridgehead atoms. The van der Waals surface area contributed by atoms with Gasteiger partial charge < -0.3 is 14.2 Å². The Bertz CT molecular complexity index is 780. The van der Waals surface area contributed by atoms with Crippen molar-refractivity contribution in [2.24, 2.45) is 0 Å². The average molecular weight is 378 g/mol. The van der Waals surface area contributed by atoms with Crippen LogP contribution in [0, 0.1) is 0 Å². The van der Waals surface area contributed by atoms with Crippen LogP contribution in [-0.4, -0.2) is 26.2 Å². The lowest BCUT2D eigenvalue weighted by atomic mass is 10.1. The Morgan fingerprint density at radius 3 is 2.33 bits per heavy atom. The maximum atomic E-state index is 12.2. The first-order valence-corrected chi connectivity index (χ1v) is 8.05. The Morgan fingerprint density at radius 1 is 1.07 bits per heavy atom. The molecular weight excluding hydrogens is 358 g/mol. The summed E-state index contributed by atoms with van der Waals surface area (Å²) in [7, 11) is 1.51. The predicted molar refractivity (Wildman–Crippen MR) is 96.5 cm³/mol. The highest BCUT2D eigenvalue weighted by Gasteiger charge is 2.09. The van der Waals surface area contributed by atoms with E-state index in [2.05, 4.69) is 15.6 Å². The fourth-order valence-electron chi connectivity index (χ4n) is 2.18. The van der Waals surface area contributed by atoms with Gasteiger partial charge in [0.15, 0.2) is 18.1 Å². The summed E-state index contributed by atoms with van der Waals surface area (Å²) in [5.41, 5.74) is 6.56. The fourth-order valence-corrected chi connectivity index (χ4v) is 2.18. The van der Waals surface area contributed by atoms with Crippen molar-refractivity contribution < 1.29 is 27.8 Å². The maximum Gasteiger partial charge on any atom is 0.387 e. The first-order chi connectivity index (χ1) is 13.0. The minimum Gasteiger partial charge on any atom is -0.493 e. The van der Waals surface area contributed by atoms with E-state index < -0.39 is 12.5 Å². The molecule has 0 aliphatic rings. The molecule has 0 saturated carbocycles. The lowest BCUT2D eigenvalue weighted by Crippen LogP contribution is -2.39. The Morgan fingerprint density at radius 2 is 1.74 bits per heavy atom. The van der Waals surface area contributed by atoms with Crippen molar-refractivity contribution in [3.63, 3.8) is 0 Å². The standard InChI is InChI=1S/C19H20F2N2O4/c1-3-15(13-8-10-14(11-9-13)27-19(20)21)22-23-18(24)12-26-17-7-5-4-6-16(17)25-2/h3-11,19,22H,12H2,1-2H3,(H,23,24)/b15-3+. The number of hydrogen-bond donors (Lipinski definition) is 2. The molecule has 144 valence electrons. The minimum absolute atomic E-state index is 0.0541. The Labute approximate surface area is 155 Å². The number of amides is 1. The molecule has 27 heavy (non-hydrogen) atoms. The lowest BCUT2D eigenvalue weighted by Gasteiger charge is -2.14. The molecule has 2 aromatic carbocycles. The van der Waals surface area contributed by atoms with E-state index in [9.17, 15) is 13.6 Å². The average Bonchev–Trinajstić information content (AvgIpc) is 2.67. The molecule has 8 heteroatoms. The number of benzene rings is 2. The third kappa shape index (κ3) is 6.18. The molecule has 0 aliphatic heterocycles. The second kappa shape index (κ2) is 10.0. The number of ether oxygens (including phenoxy) is 3. The van der Waals surface area contributed by atoms with Crippen LogP contribution >= 0.6 is 0 Å². The van der Waals surface area contributed by atoms with Crippen LogP contribution in [0.2, 0.25) is 0 Å². The summed E-state index contributed by atoms with van der Waals surface area (Å²) in [5.74, 6) is 0.630. The van der Waals surface area contributed by atoms with Gasteiger partial charge in [0.05, 0.1) is 12.8 Å². The molecule has 0 atom stereocenters. The minimum atomic E-state index is -2.88. The van der Waals surface area contributed by atoms with E-state index in [0.29, 0.717) is 22.8 Å². The monoisotopic (exact) mass is 378 g/mol. The van der Waals surface area contributed by atoms with E-state index in [-0.39, 0.29) is 12.4 Å². The molecule has 0 fully saturated rings. The largest absolute Gasteiger partial charge is 0.493 e. The molecular formula is C19H20F2N2O4. The van der Waals surface area contributed by atoms with Gasteiger partial charge in [0.25, 0.3) is 5.91 Å². The van der Waals surface area contributed by atoms with Crippen LogP contribution in [-0.2, 0) is 4.79 Å². The van der Waals surface area contributed by atoms with Gasteiger partial charge in [0, 0.05) is 0 Å². The Hall–Kier alpha value is -3.29. The summed E-state index contributed by atoms with van der Waals surface area (Å²) in [5, 5.41) is 0.